The van der Waals surface area contributed by atoms with Crippen LogP contribution in [-0.2, 0) is 16.0 Å². The Morgan fingerprint density at radius 1 is 1.13 bits per heavy atom. The molecule has 1 fully saturated rings. The van der Waals surface area contributed by atoms with Crippen molar-refractivity contribution in [3.8, 4) is 11.3 Å². The fourth-order valence-corrected chi connectivity index (χ4v) is 5.86. The number of benzene rings is 2. The number of carbonyl (C=O) groups excluding carboxylic acids is 2. The maximum absolute atomic E-state index is 13.9. The molecule has 1 aliphatic rings. The number of aryl methyl sites for hydroxylation is 2. The maximum atomic E-state index is 13.9. The number of carbonyl (C=O) groups is 2. The van der Waals surface area contributed by atoms with E-state index in [9.17, 15) is 19.1 Å². The van der Waals surface area contributed by atoms with E-state index in [-0.39, 0.29) is 34.8 Å². The van der Waals surface area contributed by atoms with Gasteiger partial charge in [-0.1, -0.05) is 29.3 Å². The van der Waals surface area contributed by atoms with Crippen LogP contribution in [0.5, 0.6) is 0 Å². The van der Waals surface area contributed by atoms with Gasteiger partial charge in [-0.05, 0) is 92.1 Å². The number of nitrogens with two attached hydrogens (primary N) is 1. The van der Waals surface area contributed by atoms with Gasteiger partial charge in [0.05, 0.1) is 11.4 Å². The number of primary amides is 1. The average Bonchev–Trinajstić information content (AvgIpc) is 2.89. The zero-order valence-corrected chi connectivity index (χ0v) is 23.3. The average molecular weight is 573 g/mol. The summed E-state index contributed by atoms with van der Waals surface area (Å²) in [4.78, 5) is 32.4. The molecule has 3 N–H and O–H groups in total. The molecule has 1 aliphatic heterocycles. The van der Waals surface area contributed by atoms with Crippen molar-refractivity contribution < 1.29 is 19.1 Å². The van der Waals surface area contributed by atoms with Crippen LogP contribution in [0.1, 0.15) is 54.0 Å². The topological polar surface area (TPSA) is 96.5 Å². The first-order valence-electron chi connectivity index (χ1n) is 13.1. The van der Waals surface area contributed by atoms with E-state index in [2.05, 4.69) is 0 Å². The SMILES string of the molecule is Cc1cc(F)ccc1-c1cc(CCC(=O)N2CCC(CCO)CC2)cc(C(C(N)=O)c2c(Cl)cccc2Cl)n1. The Hall–Kier alpha value is -3.00. The Morgan fingerprint density at radius 3 is 2.44 bits per heavy atom. The van der Waals surface area contributed by atoms with E-state index < -0.39 is 11.8 Å². The summed E-state index contributed by atoms with van der Waals surface area (Å²) in [5.74, 6) is -1.55. The highest BCUT2D eigenvalue weighted by molar-refractivity contribution is 6.36. The predicted octanol–water partition coefficient (Wildman–Crippen LogP) is 5.67. The third-order valence-corrected chi connectivity index (χ3v) is 8.03. The lowest BCUT2D eigenvalue weighted by molar-refractivity contribution is -0.132. The Kier molecular flexibility index (Phi) is 9.59. The van der Waals surface area contributed by atoms with Crippen LogP contribution >= 0.6 is 23.2 Å². The molecule has 2 heterocycles. The van der Waals surface area contributed by atoms with E-state index in [0.717, 1.165) is 24.8 Å². The van der Waals surface area contributed by atoms with E-state index >= 15 is 0 Å². The molecule has 9 heteroatoms. The number of hydrogen-bond donors (Lipinski definition) is 2. The van der Waals surface area contributed by atoms with Crippen molar-refractivity contribution in [3.05, 3.63) is 86.8 Å². The first-order chi connectivity index (χ1) is 18.7. The highest BCUT2D eigenvalue weighted by atomic mass is 35.5. The number of likely N-dealkylation sites (tertiary alicyclic amines) is 1. The van der Waals surface area contributed by atoms with Gasteiger partial charge in [-0.25, -0.2) is 4.39 Å². The van der Waals surface area contributed by atoms with Gasteiger partial charge in [-0.3, -0.25) is 14.6 Å². The van der Waals surface area contributed by atoms with E-state index in [1.807, 2.05) is 11.0 Å². The van der Waals surface area contributed by atoms with Gasteiger partial charge in [0, 0.05) is 47.3 Å². The maximum Gasteiger partial charge on any atom is 0.231 e. The molecule has 2 aromatic carbocycles. The number of rotatable bonds is 9. The molecule has 0 bridgehead atoms. The molecule has 3 aromatic rings. The van der Waals surface area contributed by atoms with Gasteiger partial charge in [-0.15, -0.1) is 0 Å². The molecule has 0 aliphatic carbocycles. The molecule has 1 atom stereocenters. The normalized spacial score (nSPS) is 14.8. The van der Waals surface area contributed by atoms with Crippen molar-refractivity contribution >= 4 is 35.0 Å². The number of aromatic nitrogens is 1. The van der Waals surface area contributed by atoms with Gasteiger partial charge >= 0.3 is 0 Å². The third-order valence-electron chi connectivity index (χ3n) is 7.37. The lowest BCUT2D eigenvalue weighted by atomic mass is 9.91. The molecule has 4 rings (SSSR count). The molecule has 1 unspecified atom stereocenters. The minimum atomic E-state index is -1.02. The quantitative estimate of drug-likeness (QED) is 0.345. The van der Waals surface area contributed by atoms with Crippen LogP contribution in [-0.4, -0.2) is 46.5 Å². The fourth-order valence-electron chi connectivity index (χ4n) is 5.24. The van der Waals surface area contributed by atoms with Crippen LogP contribution in [0.4, 0.5) is 4.39 Å². The molecule has 1 saturated heterocycles. The second-order valence-corrected chi connectivity index (χ2v) is 10.9. The number of hydrogen-bond acceptors (Lipinski definition) is 4. The molecule has 2 amide bonds. The fraction of sp³-hybridized carbons (Fsp3) is 0.367. The molecule has 6 nitrogen and oxygen atoms in total. The third kappa shape index (κ3) is 6.96. The van der Waals surface area contributed by atoms with Gasteiger partial charge in [-0.2, -0.15) is 0 Å². The highest BCUT2D eigenvalue weighted by Gasteiger charge is 2.28. The summed E-state index contributed by atoms with van der Waals surface area (Å²) >= 11 is 12.9. The van der Waals surface area contributed by atoms with Crippen LogP contribution in [0.3, 0.4) is 0 Å². The van der Waals surface area contributed by atoms with Crippen LogP contribution in [0, 0.1) is 18.7 Å². The lowest BCUT2D eigenvalue weighted by Gasteiger charge is -2.32. The molecule has 0 spiro atoms. The number of pyridine rings is 1. The molecule has 206 valence electrons. The summed E-state index contributed by atoms with van der Waals surface area (Å²) in [6.45, 7) is 3.32. The van der Waals surface area contributed by atoms with Crippen LogP contribution < -0.4 is 5.73 Å². The van der Waals surface area contributed by atoms with Crippen LogP contribution in [0.15, 0.2) is 48.5 Å². The minimum absolute atomic E-state index is 0.0518. The molecule has 0 radical (unpaired) electrons. The summed E-state index contributed by atoms with van der Waals surface area (Å²) in [5.41, 5.74) is 9.27. The number of aliphatic hydroxyl groups is 1. The zero-order valence-electron chi connectivity index (χ0n) is 21.8. The molecular formula is C30H32Cl2FN3O3. The molecule has 39 heavy (non-hydrogen) atoms. The van der Waals surface area contributed by atoms with Crippen molar-refractivity contribution in [2.24, 2.45) is 11.7 Å². The van der Waals surface area contributed by atoms with Gasteiger partial charge in [0.25, 0.3) is 0 Å². The summed E-state index contributed by atoms with van der Waals surface area (Å²) in [6, 6.07) is 13.0. The highest BCUT2D eigenvalue weighted by Crippen LogP contribution is 2.36. The van der Waals surface area contributed by atoms with Crippen molar-refractivity contribution in [1.29, 1.82) is 0 Å². The van der Waals surface area contributed by atoms with Crippen molar-refractivity contribution in [2.45, 2.75) is 44.9 Å². The number of piperidine rings is 1. The second-order valence-electron chi connectivity index (χ2n) is 10.1. The molecule has 1 aromatic heterocycles. The van der Waals surface area contributed by atoms with Crippen LogP contribution in [0.25, 0.3) is 11.3 Å². The van der Waals surface area contributed by atoms with Gasteiger partial charge < -0.3 is 15.7 Å². The Bertz CT molecular complexity index is 1340. The van der Waals surface area contributed by atoms with E-state index in [4.69, 9.17) is 33.9 Å². The summed E-state index contributed by atoms with van der Waals surface area (Å²) in [5, 5.41) is 9.77. The first-order valence-corrected chi connectivity index (χ1v) is 13.8. The number of aliphatic hydroxyl groups excluding tert-OH is 1. The van der Waals surface area contributed by atoms with Crippen molar-refractivity contribution in [2.75, 3.05) is 19.7 Å². The molecular weight excluding hydrogens is 540 g/mol. The second kappa shape index (κ2) is 12.9. The minimum Gasteiger partial charge on any atom is -0.396 e. The van der Waals surface area contributed by atoms with Crippen molar-refractivity contribution in [3.63, 3.8) is 0 Å². The standard InChI is InChI=1S/C30H32Cl2FN3O3/c1-18-15-21(33)6-7-22(18)25-16-20(5-8-27(38)36-12-9-19(10-13-36)11-14-37)17-26(35-25)29(30(34)39)28-23(31)3-2-4-24(28)32/h2-4,6-7,15-17,19,29,37H,5,8-14H2,1H3,(H2,34,39). The number of amides is 2. The summed E-state index contributed by atoms with van der Waals surface area (Å²) in [6.07, 6.45) is 3.24. The predicted molar refractivity (Wildman–Crippen MR) is 151 cm³/mol. The number of halogens is 3. The monoisotopic (exact) mass is 571 g/mol. The van der Waals surface area contributed by atoms with Gasteiger partial charge in [0.15, 0.2) is 0 Å². The largest absolute Gasteiger partial charge is 0.396 e. The van der Waals surface area contributed by atoms with E-state index in [0.29, 0.717) is 53.5 Å². The first kappa shape index (κ1) is 29.0. The number of nitrogens with zero attached hydrogens (tertiary/aromatic N) is 2. The Morgan fingerprint density at radius 2 is 1.82 bits per heavy atom. The smallest absolute Gasteiger partial charge is 0.231 e. The van der Waals surface area contributed by atoms with Gasteiger partial charge in [0.2, 0.25) is 11.8 Å². The van der Waals surface area contributed by atoms with Gasteiger partial charge in [0.1, 0.15) is 11.7 Å². The molecule has 0 saturated carbocycles. The Labute approximate surface area is 237 Å². The summed E-state index contributed by atoms with van der Waals surface area (Å²) < 4.78 is 13.9. The zero-order chi connectivity index (χ0) is 28.1. The van der Waals surface area contributed by atoms with Crippen molar-refractivity contribution in [1.82, 2.24) is 9.88 Å². The van der Waals surface area contributed by atoms with E-state index in [1.54, 1.807) is 37.3 Å². The summed E-state index contributed by atoms with van der Waals surface area (Å²) in [7, 11) is 0. The lowest BCUT2D eigenvalue weighted by Crippen LogP contribution is -2.38. The Balaban J connectivity index is 1.68. The van der Waals surface area contributed by atoms with Crippen LogP contribution in [0.2, 0.25) is 10.0 Å². The van der Waals surface area contributed by atoms with E-state index in [1.165, 1.54) is 12.1 Å².